The summed E-state index contributed by atoms with van der Waals surface area (Å²) in [5.74, 6) is -0.610. The molecule has 4 nitrogen and oxygen atoms in total. The molecular formula is C11H13IO4. The van der Waals surface area contributed by atoms with Crippen LogP contribution in [0.5, 0.6) is 5.75 Å². The number of carboxylic acids is 1. The number of halogens is 1. The first-order chi connectivity index (χ1) is 7.65. The Morgan fingerprint density at radius 3 is 2.75 bits per heavy atom. The molecule has 1 aromatic rings. The molecule has 0 heterocycles. The zero-order valence-corrected chi connectivity index (χ0v) is 10.8. The third kappa shape index (κ3) is 3.97. The van der Waals surface area contributed by atoms with Crippen molar-refractivity contribution >= 4 is 28.6 Å². The van der Waals surface area contributed by atoms with Crippen LogP contribution in [-0.4, -0.2) is 29.4 Å². The summed E-state index contributed by atoms with van der Waals surface area (Å²) in [4.78, 5) is 10.9. The maximum atomic E-state index is 10.9. The molecule has 5 heteroatoms. The second-order valence-corrected chi connectivity index (χ2v) is 4.47. The summed E-state index contributed by atoms with van der Waals surface area (Å²) in [6.45, 7) is 0.545. The minimum Gasteiger partial charge on any atom is -0.493 e. The Labute approximate surface area is 107 Å². The van der Waals surface area contributed by atoms with Gasteiger partial charge in [-0.1, -0.05) is 0 Å². The first-order valence-corrected chi connectivity index (χ1v) is 5.99. The molecule has 0 amide bonds. The lowest BCUT2D eigenvalue weighted by atomic mass is 10.2. The third-order valence-corrected chi connectivity index (χ3v) is 2.65. The van der Waals surface area contributed by atoms with E-state index in [-0.39, 0.29) is 12.2 Å². The van der Waals surface area contributed by atoms with Gasteiger partial charge in [0.2, 0.25) is 0 Å². The molecule has 88 valence electrons. The Kier molecular flexibility index (Phi) is 5.54. The maximum absolute atomic E-state index is 10.9. The van der Waals surface area contributed by atoms with Crippen molar-refractivity contribution in [2.75, 3.05) is 13.2 Å². The number of unbranched alkanes of at least 4 members (excludes halogenated alkanes) is 1. The summed E-state index contributed by atoms with van der Waals surface area (Å²) in [7, 11) is 0. The fraction of sp³-hybridized carbons (Fsp3) is 0.364. The maximum Gasteiger partial charge on any atom is 0.339 e. The molecule has 0 bridgehead atoms. The van der Waals surface area contributed by atoms with Gasteiger partial charge in [0.25, 0.3) is 0 Å². The van der Waals surface area contributed by atoms with Crippen LogP contribution >= 0.6 is 22.6 Å². The van der Waals surface area contributed by atoms with Gasteiger partial charge in [0, 0.05) is 10.2 Å². The number of benzene rings is 1. The van der Waals surface area contributed by atoms with Crippen molar-refractivity contribution in [3.05, 3.63) is 27.3 Å². The van der Waals surface area contributed by atoms with E-state index >= 15 is 0 Å². The van der Waals surface area contributed by atoms with Gasteiger partial charge in [-0.3, -0.25) is 0 Å². The van der Waals surface area contributed by atoms with Crippen molar-refractivity contribution in [2.24, 2.45) is 0 Å². The average Bonchev–Trinajstić information content (AvgIpc) is 2.26. The Bertz CT molecular complexity index is 365. The highest BCUT2D eigenvalue weighted by atomic mass is 127. The van der Waals surface area contributed by atoms with E-state index in [9.17, 15) is 4.79 Å². The van der Waals surface area contributed by atoms with Crippen molar-refractivity contribution in [3.63, 3.8) is 0 Å². The topological polar surface area (TPSA) is 66.8 Å². The Morgan fingerprint density at radius 2 is 2.12 bits per heavy atom. The fourth-order valence-electron chi connectivity index (χ4n) is 1.19. The Balaban J connectivity index is 2.67. The molecule has 0 radical (unpaired) electrons. The average molecular weight is 336 g/mol. The van der Waals surface area contributed by atoms with Gasteiger partial charge in [-0.25, -0.2) is 4.79 Å². The van der Waals surface area contributed by atoms with Gasteiger partial charge in [0.05, 0.1) is 6.61 Å². The van der Waals surface area contributed by atoms with E-state index in [1.807, 2.05) is 0 Å². The Hall–Kier alpha value is -0.820. The number of rotatable bonds is 6. The predicted octanol–water partition coefficient (Wildman–Crippen LogP) is 2.14. The molecule has 0 unspecified atom stereocenters. The van der Waals surface area contributed by atoms with Crippen LogP contribution in [0.4, 0.5) is 0 Å². The molecule has 0 spiro atoms. The predicted molar refractivity (Wildman–Crippen MR) is 67.9 cm³/mol. The van der Waals surface area contributed by atoms with Gasteiger partial charge in [-0.2, -0.15) is 0 Å². The van der Waals surface area contributed by atoms with Gasteiger partial charge < -0.3 is 14.9 Å². The second kappa shape index (κ2) is 6.70. The van der Waals surface area contributed by atoms with Crippen molar-refractivity contribution in [1.29, 1.82) is 0 Å². The summed E-state index contributed by atoms with van der Waals surface area (Å²) in [6, 6.07) is 5.03. The molecule has 0 saturated carbocycles. The van der Waals surface area contributed by atoms with Gasteiger partial charge in [0.1, 0.15) is 11.3 Å². The lowest BCUT2D eigenvalue weighted by Crippen LogP contribution is -2.05. The zero-order valence-electron chi connectivity index (χ0n) is 8.65. The number of ether oxygens (including phenoxy) is 1. The summed E-state index contributed by atoms with van der Waals surface area (Å²) < 4.78 is 6.22. The van der Waals surface area contributed by atoms with Crippen LogP contribution in [0, 0.1) is 3.57 Å². The quantitative estimate of drug-likeness (QED) is 0.617. The largest absolute Gasteiger partial charge is 0.493 e. The van der Waals surface area contributed by atoms with Gasteiger partial charge in [-0.05, 0) is 53.6 Å². The first-order valence-electron chi connectivity index (χ1n) is 4.91. The molecule has 0 aliphatic rings. The summed E-state index contributed by atoms with van der Waals surface area (Å²) in [6.07, 6.45) is 1.37. The van der Waals surface area contributed by atoms with Crippen LogP contribution < -0.4 is 4.74 Å². The van der Waals surface area contributed by atoms with Crippen LogP contribution in [0.3, 0.4) is 0 Å². The molecule has 0 aliphatic carbocycles. The van der Waals surface area contributed by atoms with Crippen molar-refractivity contribution < 1.29 is 19.7 Å². The van der Waals surface area contributed by atoms with Crippen molar-refractivity contribution in [2.45, 2.75) is 12.8 Å². The molecule has 0 aromatic heterocycles. The number of carboxylic acid groups (broad SMARTS) is 1. The van der Waals surface area contributed by atoms with E-state index in [0.29, 0.717) is 25.2 Å². The third-order valence-electron chi connectivity index (χ3n) is 1.98. The lowest BCUT2D eigenvalue weighted by Gasteiger charge is -2.08. The SMILES string of the molecule is O=C(O)c1cc(I)ccc1OCCCCO. The normalized spacial score (nSPS) is 10.1. The highest BCUT2D eigenvalue weighted by Crippen LogP contribution is 2.21. The molecule has 1 aromatic carbocycles. The van der Waals surface area contributed by atoms with Gasteiger partial charge >= 0.3 is 5.97 Å². The van der Waals surface area contributed by atoms with Crippen LogP contribution in [0.15, 0.2) is 18.2 Å². The molecule has 1 rings (SSSR count). The minimum absolute atomic E-state index is 0.127. The van der Waals surface area contributed by atoms with Crippen LogP contribution in [0.25, 0.3) is 0 Å². The number of aliphatic hydroxyl groups is 1. The molecular weight excluding hydrogens is 323 g/mol. The fourth-order valence-corrected chi connectivity index (χ4v) is 1.68. The standard InChI is InChI=1S/C11H13IO4/c12-8-3-4-10(9(7-8)11(14)15)16-6-2-1-5-13/h3-4,7,13H,1-2,5-6H2,(H,14,15). The molecule has 0 fully saturated rings. The summed E-state index contributed by atoms with van der Waals surface area (Å²) in [5, 5.41) is 17.6. The van der Waals surface area contributed by atoms with E-state index < -0.39 is 5.97 Å². The number of aliphatic hydroxyl groups excluding tert-OH is 1. The lowest BCUT2D eigenvalue weighted by molar-refractivity contribution is 0.0692. The molecule has 0 atom stereocenters. The van der Waals surface area contributed by atoms with E-state index in [2.05, 4.69) is 22.6 Å². The van der Waals surface area contributed by atoms with Gasteiger partial charge in [0.15, 0.2) is 0 Å². The van der Waals surface area contributed by atoms with E-state index in [1.54, 1.807) is 18.2 Å². The number of hydrogen-bond donors (Lipinski definition) is 2. The van der Waals surface area contributed by atoms with Crippen LogP contribution in [0.1, 0.15) is 23.2 Å². The highest BCUT2D eigenvalue weighted by molar-refractivity contribution is 14.1. The summed E-state index contributed by atoms with van der Waals surface area (Å²) >= 11 is 2.05. The van der Waals surface area contributed by atoms with Crippen LogP contribution in [0.2, 0.25) is 0 Å². The molecule has 16 heavy (non-hydrogen) atoms. The van der Waals surface area contributed by atoms with Gasteiger partial charge in [-0.15, -0.1) is 0 Å². The molecule has 0 aliphatic heterocycles. The minimum atomic E-state index is -0.990. The van der Waals surface area contributed by atoms with E-state index in [1.165, 1.54) is 0 Å². The number of hydrogen-bond acceptors (Lipinski definition) is 3. The van der Waals surface area contributed by atoms with Crippen molar-refractivity contribution in [3.8, 4) is 5.75 Å². The number of carbonyl (C=O) groups is 1. The molecule has 2 N–H and O–H groups in total. The highest BCUT2D eigenvalue weighted by Gasteiger charge is 2.11. The van der Waals surface area contributed by atoms with E-state index in [4.69, 9.17) is 14.9 Å². The smallest absolute Gasteiger partial charge is 0.339 e. The first kappa shape index (κ1) is 13.2. The summed E-state index contributed by atoms with van der Waals surface area (Å²) in [5.41, 5.74) is 0.177. The van der Waals surface area contributed by atoms with Crippen molar-refractivity contribution in [1.82, 2.24) is 0 Å². The monoisotopic (exact) mass is 336 g/mol. The Morgan fingerprint density at radius 1 is 1.38 bits per heavy atom. The van der Waals surface area contributed by atoms with Crippen LogP contribution in [-0.2, 0) is 0 Å². The second-order valence-electron chi connectivity index (χ2n) is 3.22. The zero-order chi connectivity index (χ0) is 12.0. The van der Waals surface area contributed by atoms with E-state index in [0.717, 1.165) is 3.57 Å². The number of aromatic carboxylic acids is 1. The molecule has 0 saturated heterocycles.